The van der Waals surface area contributed by atoms with E-state index in [2.05, 4.69) is 53.4 Å². The lowest BCUT2D eigenvalue weighted by atomic mass is 9.85. The van der Waals surface area contributed by atoms with Crippen molar-refractivity contribution in [2.45, 2.75) is 66.8 Å². The zero-order valence-electron chi connectivity index (χ0n) is 13.8. The molecule has 0 aliphatic heterocycles. The van der Waals surface area contributed by atoms with Gasteiger partial charge < -0.3 is 5.73 Å². The van der Waals surface area contributed by atoms with Crippen molar-refractivity contribution in [2.75, 3.05) is 19.6 Å². The Morgan fingerprint density at radius 2 is 1.28 bits per heavy atom. The minimum Gasteiger partial charge on any atom is -0.329 e. The zero-order chi connectivity index (χ0) is 14.3. The van der Waals surface area contributed by atoms with Crippen molar-refractivity contribution in [3.8, 4) is 0 Å². The highest BCUT2D eigenvalue weighted by atomic mass is 15.2. The van der Waals surface area contributed by atoms with Gasteiger partial charge in [-0.2, -0.15) is 0 Å². The molecule has 1 unspecified atom stereocenters. The molecule has 0 spiro atoms. The van der Waals surface area contributed by atoms with E-state index in [1.54, 1.807) is 0 Å². The molecule has 0 aliphatic rings. The third kappa shape index (κ3) is 5.71. The summed E-state index contributed by atoms with van der Waals surface area (Å²) < 4.78 is 0. The van der Waals surface area contributed by atoms with Gasteiger partial charge in [-0.1, -0.05) is 41.5 Å². The molecule has 18 heavy (non-hydrogen) atoms. The minimum absolute atomic E-state index is 0.143. The molecule has 110 valence electrons. The van der Waals surface area contributed by atoms with Crippen molar-refractivity contribution in [3.63, 3.8) is 0 Å². The molecule has 0 aromatic heterocycles. The fourth-order valence-corrected chi connectivity index (χ4v) is 2.18. The molecule has 0 fully saturated rings. The van der Waals surface area contributed by atoms with Crippen molar-refractivity contribution in [2.24, 2.45) is 23.5 Å². The molecule has 2 heteroatoms. The average molecular weight is 256 g/mol. The first-order valence-corrected chi connectivity index (χ1v) is 7.69. The summed E-state index contributed by atoms with van der Waals surface area (Å²) in [5.41, 5.74) is 6.22. The molecular weight excluding hydrogens is 220 g/mol. The van der Waals surface area contributed by atoms with Crippen LogP contribution in [0.3, 0.4) is 0 Å². The van der Waals surface area contributed by atoms with E-state index in [9.17, 15) is 0 Å². The van der Waals surface area contributed by atoms with E-state index in [0.29, 0.717) is 5.92 Å². The van der Waals surface area contributed by atoms with Gasteiger partial charge in [0, 0.05) is 12.1 Å². The van der Waals surface area contributed by atoms with Gasteiger partial charge in [-0.05, 0) is 50.6 Å². The molecule has 0 amide bonds. The third-order valence-corrected chi connectivity index (χ3v) is 4.33. The second-order valence-electron chi connectivity index (χ2n) is 7.07. The van der Waals surface area contributed by atoms with E-state index < -0.39 is 0 Å². The van der Waals surface area contributed by atoms with Crippen LogP contribution in [0.25, 0.3) is 0 Å². The van der Waals surface area contributed by atoms with Crippen molar-refractivity contribution >= 4 is 0 Å². The fraction of sp³-hybridized carbons (Fsp3) is 1.00. The van der Waals surface area contributed by atoms with Crippen LogP contribution in [-0.4, -0.2) is 30.1 Å². The largest absolute Gasteiger partial charge is 0.329 e. The van der Waals surface area contributed by atoms with Crippen LogP contribution in [0.2, 0.25) is 0 Å². The van der Waals surface area contributed by atoms with Gasteiger partial charge in [-0.3, -0.25) is 4.90 Å². The summed E-state index contributed by atoms with van der Waals surface area (Å²) in [6.07, 6.45) is 2.53. The summed E-state index contributed by atoms with van der Waals surface area (Å²) in [7, 11) is 0. The van der Waals surface area contributed by atoms with Gasteiger partial charge in [0.15, 0.2) is 0 Å². The van der Waals surface area contributed by atoms with Crippen molar-refractivity contribution in [3.05, 3.63) is 0 Å². The van der Waals surface area contributed by atoms with Gasteiger partial charge in [-0.15, -0.1) is 0 Å². The highest BCUT2D eigenvalue weighted by Crippen LogP contribution is 2.25. The smallest absolute Gasteiger partial charge is 0.0326 e. The quantitative estimate of drug-likeness (QED) is 0.680. The lowest BCUT2D eigenvalue weighted by Gasteiger charge is -2.44. The normalized spacial score (nSPS) is 16.0. The molecular formula is C16H36N2. The van der Waals surface area contributed by atoms with Gasteiger partial charge >= 0.3 is 0 Å². The van der Waals surface area contributed by atoms with Crippen LogP contribution in [0.15, 0.2) is 0 Å². The zero-order valence-corrected chi connectivity index (χ0v) is 13.8. The second kappa shape index (κ2) is 8.16. The first-order chi connectivity index (χ1) is 8.24. The van der Waals surface area contributed by atoms with Gasteiger partial charge in [0.1, 0.15) is 0 Å². The summed E-state index contributed by atoms with van der Waals surface area (Å²) in [5, 5.41) is 0. The van der Waals surface area contributed by atoms with E-state index in [1.165, 1.54) is 25.9 Å². The molecule has 0 aromatic rings. The Labute approximate surface area is 115 Å². The predicted molar refractivity (Wildman–Crippen MR) is 82.8 cm³/mol. The molecule has 2 nitrogen and oxygen atoms in total. The van der Waals surface area contributed by atoms with Crippen LogP contribution in [0.5, 0.6) is 0 Å². The molecule has 0 saturated heterocycles. The van der Waals surface area contributed by atoms with Crippen molar-refractivity contribution in [1.29, 1.82) is 0 Å². The highest BCUT2D eigenvalue weighted by Gasteiger charge is 2.33. The topological polar surface area (TPSA) is 29.3 Å². The summed E-state index contributed by atoms with van der Waals surface area (Å²) in [5.74, 6) is 2.13. The average Bonchev–Trinajstić information content (AvgIpc) is 2.27. The Hall–Kier alpha value is -0.0800. The number of rotatable bonds is 9. The molecule has 0 rings (SSSR count). The van der Waals surface area contributed by atoms with Crippen LogP contribution in [0, 0.1) is 17.8 Å². The van der Waals surface area contributed by atoms with E-state index in [-0.39, 0.29) is 5.54 Å². The first-order valence-electron chi connectivity index (χ1n) is 7.69. The van der Waals surface area contributed by atoms with Crippen LogP contribution in [0.1, 0.15) is 61.3 Å². The Bertz CT molecular complexity index is 199. The number of nitrogens with two attached hydrogens (primary N) is 1. The van der Waals surface area contributed by atoms with Crippen LogP contribution >= 0.6 is 0 Å². The van der Waals surface area contributed by atoms with Gasteiger partial charge in [0.2, 0.25) is 0 Å². The van der Waals surface area contributed by atoms with Crippen molar-refractivity contribution < 1.29 is 0 Å². The molecule has 2 N–H and O–H groups in total. The van der Waals surface area contributed by atoms with Gasteiger partial charge in [0.05, 0.1) is 0 Å². The molecule has 0 saturated carbocycles. The summed E-state index contributed by atoms with van der Waals surface area (Å²) >= 11 is 0. The Balaban J connectivity index is 4.70. The lowest BCUT2D eigenvalue weighted by Crippen LogP contribution is -2.56. The third-order valence-electron chi connectivity index (χ3n) is 4.33. The minimum atomic E-state index is 0.143. The predicted octanol–water partition coefficient (Wildman–Crippen LogP) is 3.75. The second-order valence-corrected chi connectivity index (χ2v) is 7.07. The molecule has 0 aliphatic carbocycles. The SMILES string of the molecule is CC(C)CCN(CCC(C)C)C(C)(CN)C(C)C. The molecule has 0 heterocycles. The lowest BCUT2D eigenvalue weighted by molar-refractivity contribution is 0.0580. The van der Waals surface area contributed by atoms with E-state index in [0.717, 1.165) is 18.4 Å². The molecule has 1 atom stereocenters. The number of hydrogen-bond donors (Lipinski definition) is 1. The summed E-state index contributed by atoms with van der Waals surface area (Å²) in [6.45, 7) is 19.2. The molecule has 0 radical (unpaired) electrons. The summed E-state index contributed by atoms with van der Waals surface area (Å²) in [4.78, 5) is 2.64. The van der Waals surface area contributed by atoms with Crippen LogP contribution in [-0.2, 0) is 0 Å². The first kappa shape index (κ1) is 17.9. The maximum atomic E-state index is 6.08. The monoisotopic (exact) mass is 256 g/mol. The van der Waals surface area contributed by atoms with Gasteiger partial charge in [-0.25, -0.2) is 0 Å². The molecule has 0 aromatic carbocycles. The standard InChI is InChI=1S/C16H36N2/c1-13(2)8-10-18(11-9-14(3)4)16(7,12-17)15(5)6/h13-15H,8-12,17H2,1-7H3. The summed E-state index contributed by atoms with van der Waals surface area (Å²) in [6, 6.07) is 0. The maximum absolute atomic E-state index is 6.08. The van der Waals surface area contributed by atoms with Crippen molar-refractivity contribution in [1.82, 2.24) is 4.90 Å². The Morgan fingerprint density at radius 1 is 0.889 bits per heavy atom. The van der Waals surface area contributed by atoms with E-state index in [4.69, 9.17) is 5.73 Å². The maximum Gasteiger partial charge on any atom is 0.0326 e. The Morgan fingerprint density at radius 3 is 1.50 bits per heavy atom. The number of nitrogens with zero attached hydrogens (tertiary/aromatic N) is 1. The van der Waals surface area contributed by atoms with Crippen LogP contribution in [0.4, 0.5) is 0 Å². The van der Waals surface area contributed by atoms with Crippen LogP contribution < -0.4 is 5.73 Å². The molecule has 0 bridgehead atoms. The van der Waals surface area contributed by atoms with E-state index >= 15 is 0 Å². The highest BCUT2D eigenvalue weighted by molar-refractivity contribution is 4.90. The van der Waals surface area contributed by atoms with E-state index in [1.807, 2.05) is 0 Å². The number of hydrogen-bond acceptors (Lipinski definition) is 2. The van der Waals surface area contributed by atoms with Gasteiger partial charge in [0.25, 0.3) is 0 Å². The fourth-order valence-electron chi connectivity index (χ4n) is 2.18. The Kier molecular flexibility index (Phi) is 8.13.